The van der Waals surface area contributed by atoms with Gasteiger partial charge in [-0.1, -0.05) is 15.9 Å². The fourth-order valence-electron chi connectivity index (χ4n) is 1.60. The van der Waals surface area contributed by atoms with Gasteiger partial charge in [0.15, 0.2) is 6.61 Å². The normalized spacial score (nSPS) is 10.6. The first-order valence-corrected chi connectivity index (χ1v) is 8.42. The zero-order valence-electron chi connectivity index (χ0n) is 12.7. The molecule has 0 aliphatic heterocycles. The molecule has 21 heavy (non-hydrogen) atoms. The lowest BCUT2D eigenvalue weighted by Gasteiger charge is -2.10. The number of amides is 1. The number of aryl methyl sites for hydroxylation is 2. The van der Waals surface area contributed by atoms with Crippen LogP contribution in [-0.4, -0.2) is 30.3 Å². The lowest BCUT2D eigenvalue weighted by Crippen LogP contribution is -2.34. The predicted molar refractivity (Wildman–Crippen MR) is 88.6 cm³/mol. The van der Waals surface area contributed by atoms with Gasteiger partial charge in [0.05, 0.1) is 5.75 Å². The minimum atomic E-state index is -0.390. The van der Waals surface area contributed by atoms with Crippen LogP contribution in [0.25, 0.3) is 0 Å². The molecule has 0 saturated carbocycles. The Labute approximate surface area is 138 Å². The third-order valence-electron chi connectivity index (χ3n) is 2.62. The molecular formula is C15H20BrNO3S. The largest absolute Gasteiger partial charge is 0.455 e. The number of halogens is 1. The predicted octanol–water partition coefficient (Wildman–Crippen LogP) is 3.23. The van der Waals surface area contributed by atoms with E-state index < -0.39 is 0 Å². The van der Waals surface area contributed by atoms with E-state index in [1.165, 1.54) is 11.8 Å². The molecule has 0 unspecified atom stereocenters. The van der Waals surface area contributed by atoms with Gasteiger partial charge in [-0.25, -0.2) is 0 Å². The van der Waals surface area contributed by atoms with E-state index in [1.54, 1.807) is 0 Å². The molecule has 4 nitrogen and oxygen atoms in total. The van der Waals surface area contributed by atoms with E-state index in [1.807, 2.05) is 39.8 Å². The molecule has 6 heteroatoms. The van der Waals surface area contributed by atoms with Crippen LogP contribution in [0.1, 0.15) is 25.0 Å². The first-order valence-electron chi connectivity index (χ1n) is 6.64. The van der Waals surface area contributed by atoms with Crippen molar-refractivity contribution in [1.29, 1.82) is 0 Å². The SMILES string of the molecule is Cc1cc(SCC(=O)OCC(=O)NC(C)C)c(C)cc1Br. The van der Waals surface area contributed by atoms with Crippen molar-refractivity contribution in [3.8, 4) is 0 Å². The Balaban J connectivity index is 2.43. The van der Waals surface area contributed by atoms with Crippen molar-refractivity contribution < 1.29 is 14.3 Å². The molecule has 0 aromatic heterocycles. The summed E-state index contributed by atoms with van der Waals surface area (Å²) in [4.78, 5) is 24.0. The number of thioether (sulfide) groups is 1. The molecule has 1 aromatic carbocycles. The van der Waals surface area contributed by atoms with Crippen LogP contribution in [0.3, 0.4) is 0 Å². The average molecular weight is 374 g/mol. The smallest absolute Gasteiger partial charge is 0.316 e. The van der Waals surface area contributed by atoms with Gasteiger partial charge in [0.2, 0.25) is 0 Å². The maximum absolute atomic E-state index is 11.6. The molecule has 116 valence electrons. The second kappa shape index (κ2) is 8.44. The van der Waals surface area contributed by atoms with E-state index in [2.05, 4.69) is 21.2 Å². The van der Waals surface area contributed by atoms with E-state index in [0.717, 1.165) is 20.5 Å². The Kier molecular flexibility index (Phi) is 7.25. The van der Waals surface area contributed by atoms with Crippen molar-refractivity contribution in [2.24, 2.45) is 0 Å². The Morgan fingerprint density at radius 3 is 2.57 bits per heavy atom. The fraction of sp³-hybridized carbons (Fsp3) is 0.467. The average Bonchev–Trinajstić information content (AvgIpc) is 2.38. The summed E-state index contributed by atoms with van der Waals surface area (Å²) in [5.74, 6) is -0.477. The Hall–Kier alpha value is -1.01. The third kappa shape index (κ3) is 6.52. The van der Waals surface area contributed by atoms with Gasteiger partial charge in [0.1, 0.15) is 0 Å². The number of carbonyl (C=O) groups is 2. The van der Waals surface area contributed by atoms with Gasteiger partial charge in [-0.3, -0.25) is 9.59 Å². The van der Waals surface area contributed by atoms with Crippen LogP contribution in [0.5, 0.6) is 0 Å². The van der Waals surface area contributed by atoms with Crippen molar-refractivity contribution in [2.45, 2.75) is 38.6 Å². The van der Waals surface area contributed by atoms with Crippen molar-refractivity contribution >= 4 is 39.6 Å². The number of benzene rings is 1. The standard InChI is InChI=1S/C15H20BrNO3S/c1-9(2)17-14(18)7-20-15(19)8-21-13-6-10(3)12(16)5-11(13)4/h5-6,9H,7-8H2,1-4H3,(H,17,18). The van der Waals surface area contributed by atoms with E-state index in [9.17, 15) is 9.59 Å². The second-order valence-corrected chi connectivity index (χ2v) is 6.91. The van der Waals surface area contributed by atoms with Gasteiger partial charge in [-0.05, 0) is 51.0 Å². The van der Waals surface area contributed by atoms with Crippen LogP contribution >= 0.6 is 27.7 Å². The lowest BCUT2D eigenvalue weighted by molar-refractivity contribution is -0.146. The zero-order valence-corrected chi connectivity index (χ0v) is 15.1. The number of carbonyl (C=O) groups excluding carboxylic acids is 2. The number of esters is 1. The van der Waals surface area contributed by atoms with E-state index in [4.69, 9.17) is 4.74 Å². The summed E-state index contributed by atoms with van der Waals surface area (Å²) in [6.07, 6.45) is 0. The van der Waals surface area contributed by atoms with Crippen molar-refractivity contribution in [1.82, 2.24) is 5.32 Å². The number of hydrogen-bond donors (Lipinski definition) is 1. The topological polar surface area (TPSA) is 55.4 Å². The Morgan fingerprint density at radius 2 is 1.95 bits per heavy atom. The van der Waals surface area contributed by atoms with Crippen molar-refractivity contribution in [3.63, 3.8) is 0 Å². The molecule has 1 N–H and O–H groups in total. The summed E-state index contributed by atoms with van der Waals surface area (Å²) in [6.45, 7) is 7.48. The summed E-state index contributed by atoms with van der Waals surface area (Å²) in [5, 5.41) is 2.67. The summed E-state index contributed by atoms with van der Waals surface area (Å²) < 4.78 is 5.99. The number of ether oxygens (including phenoxy) is 1. The van der Waals surface area contributed by atoms with E-state index in [0.29, 0.717) is 0 Å². The molecule has 0 spiro atoms. The van der Waals surface area contributed by atoms with Gasteiger partial charge >= 0.3 is 5.97 Å². The summed E-state index contributed by atoms with van der Waals surface area (Å²) in [6, 6.07) is 4.10. The summed E-state index contributed by atoms with van der Waals surface area (Å²) >= 11 is 4.89. The second-order valence-electron chi connectivity index (χ2n) is 5.04. The fourth-order valence-corrected chi connectivity index (χ4v) is 2.96. The van der Waals surface area contributed by atoms with Crippen LogP contribution in [0.15, 0.2) is 21.5 Å². The molecule has 0 aliphatic rings. The van der Waals surface area contributed by atoms with E-state index >= 15 is 0 Å². The van der Waals surface area contributed by atoms with Gasteiger partial charge < -0.3 is 10.1 Å². The van der Waals surface area contributed by atoms with Crippen molar-refractivity contribution in [2.75, 3.05) is 12.4 Å². The molecular weight excluding hydrogens is 354 g/mol. The van der Waals surface area contributed by atoms with Gasteiger partial charge in [0, 0.05) is 15.4 Å². The summed E-state index contributed by atoms with van der Waals surface area (Å²) in [7, 11) is 0. The van der Waals surface area contributed by atoms with Crippen molar-refractivity contribution in [3.05, 3.63) is 27.7 Å². The lowest BCUT2D eigenvalue weighted by atomic mass is 10.2. The zero-order chi connectivity index (χ0) is 16.0. The van der Waals surface area contributed by atoms with Gasteiger partial charge in [-0.15, -0.1) is 11.8 Å². The molecule has 1 rings (SSSR count). The molecule has 0 atom stereocenters. The molecule has 0 aliphatic carbocycles. The highest BCUT2D eigenvalue weighted by Gasteiger charge is 2.10. The number of rotatable bonds is 6. The maximum atomic E-state index is 11.6. The maximum Gasteiger partial charge on any atom is 0.316 e. The molecule has 1 aromatic rings. The van der Waals surface area contributed by atoms with Crippen LogP contribution in [0.2, 0.25) is 0 Å². The molecule has 0 heterocycles. The molecule has 1 amide bonds. The molecule has 0 bridgehead atoms. The van der Waals surface area contributed by atoms with Crippen LogP contribution in [0, 0.1) is 13.8 Å². The molecule has 0 fully saturated rings. The van der Waals surface area contributed by atoms with Crippen LogP contribution in [-0.2, 0) is 14.3 Å². The van der Waals surface area contributed by atoms with Crippen LogP contribution < -0.4 is 5.32 Å². The Bertz CT molecular complexity index is 532. The highest BCUT2D eigenvalue weighted by atomic mass is 79.9. The Morgan fingerprint density at radius 1 is 1.29 bits per heavy atom. The number of nitrogens with one attached hydrogen (secondary N) is 1. The first kappa shape index (κ1) is 18.0. The molecule has 0 saturated heterocycles. The minimum Gasteiger partial charge on any atom is -0.455 e. The first-order chi connectivity index (χ1) is 9.79. The highest BCUT2D eigenvalue weighted by Crippen LogP contribution is 2.28. The van der Waals surface area contributed by atoms with Crippen LogP contribution in [0.4, 0.5) is 0 Å². The minimum absolute atomic E-state index is 0.0407. The number of hydrogen-bond acceptors (Lipinski definition) is 4. The monoisotopic (exact) mass is 373 g/mol. The van der Waals surface area contributed by atoms with E-state index in [-0.39, 0.29) is 30.3 Å². The third-order valence-corrected chi connectivity index (χ3v) is 4.60. The van der Waals surface area contributed by atoms with Gasteiger partial charge in [0.25, 0.3) is 5.91 Å². The summed E-state index contributed by atoms with van der Waals surface area (Å²) in [5.41, 5.74) is 2.22. The van der Waals surface area contributed by atoms with Gasteiger partial charge in [-0.2, -0.15) is 0 Å². The highest BCUT2D eigenvalue weighted by molar-refractivity contribution is 9.10. The molecule has 0 radical (unpaired) electrons. The quantitative estimate of drug-likeness (QED) is 0.614.